The lowest BCUT2D eigenvalue weighted by Crippen LogP contribution is -2.04. The molecule has 0 aliphatic carbocycles. The normalized spacial score (nSPS) is 12.4. The van der Waals surface area contributed by atoms with Crippen molar-refractivity contribution in [3.05, 3.63) is 71.0 Å². The van der Waals surface area contributed by atoms with Gasteiger partial charge in [-0.3, -0.25) is 0 Å². The highest BCUT2D eigenvalue weighted by atomic mass is 19.1. The van der Waals surface area contributed by atoms with E-state index < -0.39 is 0 Å². The van der Waals surface area contributed by atoms with Gasteiger partial charge in [0, 0.05) is 5.92 Å². The van der Waals surface area contributed by atoms with Crippen LogP contribution in [-0.4, -0.2) is 5.11 Å². The van der Waals surface area contributed by atoms with Crippen molar-refractivity contribution in [2.75, 3.05) is 0 Å². The average molecular weight is 244 g/mol. The predicted octanol–water partition coefficient (Wildman–Crippen LogP) is 3.86. The number of benzene rings is 2. The van der Waals surface area contributed by atoms with Crippen molar-refractivity contribution in [2.45, 2.75) is 25.9 Å². The van der Waals surface area contributed by atoms with Gasteiger partial charge in [-0.1, -0.05) is 43.3 Å². The van der Waals surface area contributed by atoms with Gasteiger partial charge in [-0.2, -0.15) is 0 Å². The molecule has 2 aromatic carbocycles. The van der Waals surface area contributed by atoms with Gasteiger partial charge >= 0.3 is 0 Å². The molecule has 1 unspecified atom stereocenters. The molecular weight excluding hydrogens is 227 g/mol. The van der Waals surface area contributed by atoms with E-state index in [4.69, 9.17) is 0 Å². The second kappa shape index (κ2) is 5.78. The maximum absolute atomic E-state index is 13.0. The monoisotopic (exact) mass is 244 g/mol. The van der Waals surface area contributed by atoms with E-state index in [1.165, 1.54) is 12.1 Å². The molecule has 0 saturated carbocycles. The molecular formula is C16H17FO. The standard InChI is InChI=1S/C16H17FO/c1-2-15(12-7-9-14(17)10-8-12)16-6-4-3-5-13(16)11-18/h3-10,15,18H,2,11H2,1H3. The Kier molecular flexibility index (Phi) is 4.11. The molecule has 1 nitrogen and oxygen atoms in total. The molecule has 1 atom stereocenters. The number of aliphatic hydroxyl groups is 1. The highest BCUT2D eigenvalue weighted by Gasteiger charge is 2.15. The van der Waals surface area contributed by atoms with Gasteiger partial charge < -0.3 is 5.11 Å². The first kappa shape index (κ1) is 12.8. The average Bonchev–Trinajstić information content (AvgIpc) is 2.42. The topological polar surface area (TPSA) is 20.2 Å². The lowest BCUT2D eigenvalue weighted by molar-refractivity contribution is 0.280. The third-order valence-electron chi connectivity index (χ3n) is 3.28. The molecule has 0 amide bonds. The van der Waals surface area contributed by atoms with Crippen molar-refractivity contribution in [1.82, 2.24) is 0 Å². The highest BCUT2D eigenvalue weighted by molar-refractivity contribution is 5.37. The summed E-state index contributed by atoms with van der Waals surface area (Å²) < 4.78 is 13.0. The summed E-state index contributed by atoms with van der Waals surface area (Å²) in [6.07, 6.45) is 0.919. The first-order valence-electron chi connectivity index (χ1n) is 6.20. The van der Waals surface area contributed by atoms with Crippen LogP contribution in [0.15, 0.2) is 48.5 Å². The number of aliphatic hydroxyl groups excluding tert-OH is 1. The maximum Gasteiger partial charge on any atom is 0.123 e. The van der Waals surface area contributed by atoms with E-state index in [1.807, 2.05) is 36.4 Å². The van der Waals surface area contributed by atoms with Crippen molar-refractivity contribution >= 4 is 0 Å². The maximum atomic E-state index is 13.0. The molecule has 0 radical (unpaired) electrons. The Morgan fingerprint density at radius 2 is 1.72 bits per heavy atom. The van der Waals surface area contributed by atoms with Crippen LogP contribution in [0.3, 0.4) is 0 Å². The molecule has 18 heavy (non-hydrogen) atoms. The van der Waals surface area contributed by atoms with Crippen molar-refractivity contribution in [3.63, 3.8) is 0 Å². The Hall–Kier alpha value is -1.67. The van der Waals surface area contributed by atoms with Crippen LogP contribution < -0.4 is 0 Å². The van der Waals surface area contributed by atoms with Crippen molar-refractivity contribution in [1.29, 1.82) is 0 Å². The number of halogens is 1. The summed E-state index contributed by atoms with van der Waals surface area (Å²) in [5.74, 6) is -0.0157. The Balaban J connectivity index is 2.41. The fourth-order valence-electron chi connectivity index (χ4n) is 2.35. The lowest BCUT2D eigenvalue weighted by Gasteiger charge is -2.19. The van der Waals surface area contributed by atoms with E-state index in [0.717, 1.165) is 23.1 Å². The van der Waals surface area contributed by atoms with E-state index in [1.54, 1.807) is 0 Å². The second-order valence-electron chi connectivity index (χ2n) is 4.37. The third kappa shape index (κ3) is 2.59. The highest BCUT2D eigenvalue weighted by Crippen LogP contribution is 2.30. The zero-order chi connectivity index (χ0) is 13.0. The van der Waals surface area contributed by atoms with E-state index in [2.05, 4.69) is 6.92 Å². The molecule has 2 aromatic rings. The van der Waals surface area contributed by atoms with E-state index >= 15 is 0 Å². The van der Waals surface area contributed by atoms with Crippen LogP contribution in [0.4, 0.5) is 4.39 Å². The number of rotatable bonds is 4. The fourth-order valence-corrected chi connectivity index (χ4v) is 2.35. The van der Waals surface area contributed by atoms with Gasteiger partial charge in [0.05, 0.1) is 6.61 Å². The van der Waals surface area contributed by atoms with Crippen molar-refractivity contribution < 1.29 is 9.50 Å². The van der Waals surface area contributed by atoms with Crippen LogP contribution >= 0.6 is 0 Å². The Morgan fingerprint density at radius 1 is 1.06 bits per heavy atom. The molecule has 0 aliphatic heterocycles. The first-order chi connectivity index (χ1) is 8.76. The summed E-state index contributed by atoms with van der Waals surface area (Å²) in [4.78, 5) is 0. The SMILES string of the molecule is CCC(c1ccc(F)cc1)c1ccccc1CO. The van der Waals surface area contributed by atoms with Gasteiger partial charge in [0.1, 0.15) is 5.82 Å². The molecule has 0 aromatic heterocycles. The quantitative estimate of drug-likeness (QED) is 0.865. The van der Waals surface area contributed by atoms with Gasteiger partial charge in [-0.25, -0.2) is 4.39 Å². The molecule has 0 saturated heterocycles. The molecule has 94 valence electrons. The lowest BCUT2D eigenvalue weighted by atomic mass is 9.86. The zero-order valence-electron chi connectivity index (χ0n) is 10.4. The van der Waals surface area contributed by atoms with Crippen LogP contribution in [-0.2, 0) is 6.61 Å². The summed E-state index contributed by atoms with van der Waals surface area (Å²) in [6, 6.07) is 14.5. The molecule has 1 N–H and O–H groups in total. The van der Waals surface area contributed by atoms with Gasteiger partial charge in [-0.15, -0.1) is 0 Å². The number of hydrogen-bond donors (Lipinski definition) is 1. The zero-order valence-corrected chi connectivity index (χ0v) is 10.4. The predicted molar refractivity (Wildman–Crippen MR) is 70.9 cm³/mol. The van der Waals surface area contributed by atoms with Crippen LogP contribution in [0.25, 0.3) is 0 Å². The van der Waals surface area contributed by atoms with Gasteiger partial charge in [0.2, 0.25) is 0 Å². The largest absolute Gasteiger partial charge is 0.392 e. The van der Waals surface area contributed by atoms with Gasteiger partial charge in [0.25, 0.3) is 0 Å². The summed E-state index contributed by atoms with van der Waals surface area (Å²) in [5.41, 5.74) is 3.14. The Labute approximate surface area is 107 Å². The number of hydrogen-bond acceptors (Lipinski definition) is 1. The minimum Gasteiger partial charge on any atom is -0.392 e. The summed E-state index contributed by atoms with van der Waals surface area (Å²) in [6.45, 7) is 2.13. The summed E-state index contributed by atoms with van der Waals surface area (Å²) >= 11 is 0. The molecule has 0 bridgehead atoms. The Bertz CT molecular complexity index is 505. The fraction of sp³-hybridized carbons (Fsp3) is 0.250. The van der Waals surface area contributed by atoms with Crippen LogP contribution in [0.1, 0.15) is 36.0 Å². The molecule has 2 heteroatoms. The van der Waals surface area contributed by atoms with Crippen LogP contribution in [0.2, 0.25) is 0 Å². The molecule has 0 aliphatic rings. The van der Waals surface area contributed by atoms with E-state index in [9.17, 15) is 9.50 Å². The van der Waals surface area contributed by atoms with Crippen molar-refractivity contribution in [2.24, 2.45) is 0 Å². The molecule has 0 spiro atoms. The molecule has 2 rings (SSSR count). The third-order valence-corrected chi connectivity index (χ3v) is 3.28. The molecule has 0 heterocycles. The summed E-state index contributed by atoms with van der Waals surface area (Å²) in [5, 5.41) is 9.39. The second-order valence-corrected chi connectivity index (χ2v) is 4.37. The van der Waals surface area contributed by atoms with Crippen molar-refractivity contribution in [3.8, 4) is 0 Å². The Morgan fingerprint density at radius 3 is 2.33 bits per heavy atom. The minimum absolute atomic E-state index is 0.0356. The van der Waals surface area contributed by atoms with Crippen LogP contribution in [0, 0.1) is 5.82 Å². The van der Waals surface area contributed by atoms with Gasteiger partial charge in [0.15, 0.2) is 0 Å². The van der Waals surface area contributed by atoms with Gasteiger partial charge in [-0.05, 0) is 35.2 Å². The van der Waals surface area contributed by atoms with E-state index in [-0.39, 0.29) is 18.3 Å². The molecule has 0 fully saturated rings. The smallest absolute Gasteiger partial charge is 0.123 e. The summed E-state index contributed by atoms with van der Waals surface area (Å²) in [7, 11) is 0. The van der Waals surface area contributed by atoms with Crippen LogP contribution in [0.5, 0.6) is 0 Å². The first-order valence-corrected chi connectivity index (χ1v) is 6.20. The van der Waals surface area contributed by atoms with E-state index in [0.29, 0.717) is 0 Å². The minimum atomic E-state index is -0.218.